The maximum absolute atomic E-state index is 12.4. The molecule has 0 aromatic heterocycles. The second-order valence-corrected chi connectivity index (χ2v) is 9.68. The summed E-state index contributed by atoms with van der Waals surface area (Å²) in [5.41, 5.74) is 0.851. The summed E-state index contributed by atoms with van der Waals surface area (Å²) in [7, 11) is -1.64. The molecule has 11 heteroatoms. The number of nitrogens with zero attached hydrogens (tertiary/aromatic N) is 2. The third kappa shape index (κ3) is 5.81. The molecule has 2 amide bonds. The maximum Gasteiger partial charge on any atom is 0.355 e. The van der Waals surface area contributed by atoms with Crippen LogP contribution in [0, 0.1) is 0 Å². The largest absolute Gasteiger partial charge is 0.497 e. The van der Waals surface area contributed by atoms with Gasteiger partial charge in [-0.05, 0) is 31.0 Å². The number of carbonyl (C=O) groups excluding carboxylic acids is 3. The van der Waals surface area contributed by atoms with Crippen LogP contribution in [0.25, 0.3) is 0 Å². The molecule has 3 rings (SSSR count). The van der Waals surface area contributed by atoms with Gasteiger partial charge in [0.25, 0.3) is 5.91 Å². The van der Waals surface area contributed by atoms with E-state index in [9.17, 15) is 22.8 Å². The summed E-state index contributed by atoms with van der Waals surface area (Å²) in [5, 5.41) is 7.82. The number of esters is 1. The van der Waals surface area contributed by atoms with Gasteiger partial charge in [0, 0.05) is 19.4 Å². The Bertz CT molecular complexity index is 989. The fourth-order valence-corrected chi connectivity index (χ4v) is 5.02. The zero-order valence-electron chi connectivity index (χ0n) is 17.4. The molecule has 0 saturated carbocycles. The first-order valence-electron chi connectivity index (χ1n) is 9.90. The Morgan fingerprint density at radius 1 is 1.26 bits per heavy atom. The van der Waals surface area contributed by atoms with E-state index in [0.717, 1.165) is 10.6 Å². The molecular formula is C20H25N3O7S. The number of hydrogen-bond acceptors (Lipinski definition) is 8. The van der Waals surface area contributed by atoms with Gasteiger partial charge in [-0.25, -0.2) is 18.2 Å². The number of hydrogen-bond donors (Lipinski definition) is 1. The van der Waals surface area contributed by atoms with Crippen molar-refractivity contribution in [1.29, 1.82) is 0 Å². The Labute approximate surface area is 180 Å². The molecule has 1 aromatic rings. The molecule has 1 N–H and O–H groups in total. The number of methoxy groups -OCH3 is 1. The molecular weight excluding hydrogens is 426 g/mol. The van der Waals surface area contributed by atoms with Gasteiger partial charge in [-0.2, -0.15) is 5.10 Å². The van der Waals surface area contributed by atoms with Gasteiger partial charge in [-0.3, -0.25) is 9.59 Å². The lowest BCUT2D eigenvalue weighted by Gasteiger charge is -2.27. The van der Waals surface area contributed by atoms with Crippen molar-refractivity contribution in [2.75, 3.05) is 18.6 Å². The first-order chi connectivity index (χ1) is 14.7. The molecule has 2 aliphatic heterocycles. The highest BCUT2D eigenvalue weighted by molar-refractivity contribution is 7.91. The Hall–Kier alpha value is -2.95. The molecule has 31 heavy (non-hydrogen) atoms. The smallest absolute Gasteiger partial charge is 0.355 e. The predicted octanol–water partition coefficient (Wildman–Crippen LogP) is 0.409. The standard InChI is InChI=1S/C20H25N3O7S/c1-13(19(25)21-11-14-3-5-16(29-2)6-4-14)30-20(26)17-7-8-18(24)23(22-17)15-9-10-31(27,28)12-15/h3-6,13,15H,7-12H2,1-2H3,(H,21,25)/t13-,15-/m0/s1. The second-order valence-electron chi connectivity index (χ2n) is 7.46. The van der Waals surface area contributed by atoms with E-state index in [0.29, 0.717) is 5.75 Å². The molecule has 2 heterocycles. The Balaban J connectivity index is 1.55. The van der Waals surface area contributed by atoms with Crippen molar-refractivity contribution < 1.29 is 32.3 Å². The van der Waals surface area contributed by atoms with Gasteiger partial charge in [-0.1, -0.05) is 12.1 Å². The molecule has 0 spiro atoms. The van der Waals surface area contributed by atoms with Crippen LogP contribution >= 0.6 is 0 Å². The molecule has 10 nitrogen and oxygen atoms in total. The van der Waals surface area contributed by atoms with Gasteiger partial charge < -0.3 is 14.8 Å². The quantitative estimate of drug-likeness (QED) is 0.594. The molecule has 2 atom stereocenters. The number of benzene rings is 1. The van der Waals surface area contributed by atoms with Crippen molar-refractivity contribution in [2.45, 2.75) is 44.9 Å². The summed E-state index contributed by atoms with van der Waals surface area (Å²) in [6.07, 6.45) is -0.674. The summed E-state index contributed by atoms with van der Waals surface area (Å²) < 4.78 is 33.7. The minimum Gasteiger partial charge on any atom is -0.497 e. The van der Waals surface area contributed by atoms with E-state index >= 15 is 0 Å². The van der Waals surface area contributed by atoms with Crippen LogP contribution in [0.2, 0.25) is 0 Å². The summed E-state index contributed by atoms with van der Waals surface area (Å²) >= 11 is 0. The lowest BCUT2D eigenvalue weighted by atomic mass is 10.1. The number of sulfone groups is 1. The first-order valence-corrected chi connectivity index (χ1v) is 11.7. The van der Waals surface area contributed by atoms with E-state index in [2.05, 4.69) is 10.4 Å². The van der Waals surface area contributed by atoms with E-state index in [1.807, 2.05) is 0 Å². The lowest BCUT2D eigenvalue weighted by molar-refractivity contribution is -0.149. The summed E-state index contributed by atoms with van der Waals surface area (Å²) in [4.78, 5) is 36.9. The van der Waals surface area contributed by atoms with Crippen LogP contribution in [0.15, 0.2) is 29.4 Å². The minimum absolute atomic E-state index is 0.00120. The molecule has 0 bridgehead atoms. The van der Waals surface area contributed by atoms with Crippen LogP contribution in [-0.4, -0.2) is 67.7 Å². The fraction of sp³-hybridized carbons (Fsp3) is 0.500. The van der Waals surface area contributed by atoms with Crippen LogP contribution < -0.4 is 10.1 Å². The number of ether oxygens (including phenoxy) is 2. The van der Waals surface area contributed by atoms with E-state index in [-0.39, 0.29) is 48.9 Å². The number of carbonyl (C=O) groups is 3. The zero-order chi connectivity index (χ0) is 22.6. The molecule has 1 fully saturated rings. The highest BCUT2D eigenvalue weighted by Gasteiger charge is 2.37. The van der Waals surface area contributed by atoms with Crippen molar-refractivity contribution in [3.05, 3.63) is 29.8 Å². The number of hydrazone groups is 1. The Kier molecular flexibility index (Phi) is 6.94. The van der Waals surface area contributed by atoms with Gasteiger partial charge in [-0.15, -0.1) is 0 Å². The molecule has 0 unspecified atom stereocenters. The van der Waals surface area contributed by atoms with E-state index in [1.165, 1.54) is 6.92 Å². The zero-order valence-corrected chi connectivity index (χ0v) is 18.2. The SMILES string of the molecule is COc1ccc(CNC(=O)[C@H](C)OC(=O)C2=NN([C@H]3CCS(=O)(=O)C3)C(=O)CC2)cc1. The highest BCUT2D eigenvalue weighted by atomic mass is 32.2. The first kappa shape index (κ1) is 22.7. The van der Waals surface area contributed by atoms with E-state index < -0.39 is 33.9 Å². The van der Waals surface area contributed by atoms with Crippen molar-refractivity contribution in [3.8, 4) is 5.75 Å². The Morgan fingerprint density at radius 2 is 1.97 bits per heavy atom. The van der Waals surface area contributed by atoms with Crippen LogP contribution in [0.3, 0.4) is 0 Å². The van der Waals surface area contributed by atoms with Crippen molar-refractivity contribution in [2.24, 2.45) is 5.10 Å². The molecule has 2 aliphatic rings. The van der Waals surface area contributed by atoms with Gasteiger partial charge in [0.2, 0.25) is 5.91 Å². The highest BCUT2D eigenvalue weighted by Crippen LogP contribution is 2.22. The van der Waals surface area contributed by atoms with Crippen molar-refractivity contribution in [1.82, 2.24) is 10.3 Å². The summed E-state index contributed by atoms with van der Waals surface area (Å²) in [6.45, 7) is 1.70. The minimum atomic E-state index is -3.21. The van der Waals surface area contributed by atoms with E-state index in [1.54, 1.807) is 31.4 Å². The lowest BCUT2D eigenvalue weighted by Crippen LogP contribution is -2.43. The van der Waals surface area contributed by atoms with Crippen LogP contribution in [0.1, 0.15) is 31.7 Å². The number of amides is 2. The molecule has 1 aromatic carbocycles. The molecule has 168 valence electrons. The fourth-order valence-electron chi connectivity index (χ4n) is 3.33. The maximum atomic E-state index is 12.4. The van der Waals surface area contributed by atoms with Crippen LogP contribution in [-0.2, 0) is 35.5 Å². The summed E-state index contributed by atoms with van der Waals surface area (Å²) in [6, 6.07) is 6.58. The molecule has 0 aliphatic carbocycles. The van der Waals surface area contributed by atoms with Crippen LogP contribution in [0.4, 0.5) is 0 Å². The van der Waals surface area contributed by atoms with Crippen LogP contribution in [0.5, 0.6) is 5.75 Å². The van der Waals surface area contributed by atoms with E-state index in [4.69, 9.17) is 9.47 Å². The van der Waals surface area contributed by atoms with Crippen molar-refractivity contribution >= 4 is 33.3 Å². The average molecular weight is 452 g/mol. The molecule has 1 saturated heterocycles. The van der Waals surface area contributed by atoms with Gasteiger partial charge >= 0.3 is 5.97 Å². The third-order valence-electron chi connectivity index (χ3n) is 5.13. The summed E-state index contributed by atoms with van der Waals surface area (Å²) in [5.74, 6) is -1.09. The third-order valence-corrected chi connectivity index (χ3v) is 6.88. The van der Waals surface area contributed by atoms with Gasteiger partial charge in [0.1, 0.15) is 11.5 Å². The molecule has 0 radical (unpaired) electrons. The average Bonchev–Trinajstić information content (AvgIpc) is 3.11. The Morgan fingerprint density at radius 3 is 2.58 bits per heavy atom. The second kappa shape index (κ2) is 9.46. The van der Waals surface area contributed by atoms with Gasteiger partial charge in [0.05, 0.1) is 24.7 Å². The predicted molar refractivity (Wildman–Crippen MR) is 111 cm³/mol. The topological polar surface area (TPSA) is 131 Å². The monoisotopic (exact) mass is 451 g/mol. The number of rotatable bonds is 7. The number of nitrogens with one attached hydrogen (secondary N) is 1. The normalized spacial score (nSPS) is 21.2. The van der Waals surface area contributed by atoms with Crippen molar-refractivity contribution in [3.63, 3.8) is 0 Å². The van der Waals surface area contributed by atoms with Gasteiger partial charge in [0.15, 0.2) is 15.9 Å².